The third-order valence-corrected chi connectivity index (χ3v) is 5.46. The number of anilines is 2. The highest BCUT2D eigenvalue weighted by atomic mass is 16.5. The van der Waals surface area contributed by atoms with Gasteiger partial charge in [-0.3, -0.25) is 19.4 Å². The molecule has 1 aliphatic rings. The zero-order chi connectivity index (χ0) is 21.5. The summed E-state index contributed by atoms with van der Waals surface area (Å²) in [6.07, 6.45) is 0. The molecule has 3 rings (SSSR count). The van der Waals surface area contributed by atoms with Gasteiger partial charge < -0.3 is 15.4 Å². The molecule has 1 aliphatic heterocycles. The van der Waals surface area contributed by atoms with Crippen LogP contribution in [0, 0.1) is 13.8 Å². The number of methoxy groups -OCH3 is 1. The molecule has 0 saturated carbocycles. The summed E-state index contributed by atoms with van der Waals surface area (Å²) in [4.78, 5) is 29.0. The van der Waals surface area contributed by atoms with Crippen LogP contribution in [0.25, 0.3) is 0 Å². The van der Waals surface area contributed by atoms with Gasteiger partial charge in [0.2, 0.25) is 11.8 Å². The van der Waals surface area contributed by atoms with E-state index in [4.69, 9.17) is 4.74 Å². The predicted octanol–water partition coefficient (Wildman–Crippen LogP) is 2.51. The number of aryl methyl sites for hydroxylation is 1. The number of benzene rings is 2. The fourth-order valence-corrected chi connectivity index (χ4v) is 3.53. The number of piperazine rings is 1. The lowest BCUT2D eigenvalue weighted by Gasteiger charge is -2.33. The molecule has 0 spiro atoms. The largest absolute Gasteiger partial charge is 0.495 e. The molecule has 0 bridgehead atoms. The average molecular weight is 411 g/mol. The van der Waals surface area contributed by atoms with Gasteiger partial charge in [0.05, 0.1) is 25.9 Å². The maximum absolute atomic E-state index is 12.4. The normalized spacial score (nSPS) is 14.9. The van der Waals surface area contributed by atoms with Crippen molar-refractivity contribution in [1.82, 2.24) is 9.80 Å². The van der Waals surface area contributed by atoms with Crippen LogP contribution >= 0.6 is 0 Å². The Hall–Kier alpha value is -2.90. The minimum atomic E-state index is -0.0689. The number of rotatable bonds is 7. The van der Waals surface area contributed by atoms with Gasteiger partial charge in [-0.2, -0.15) is 0 Å². The molecule has 1 heterocycles. The number of hydrogen-bond acceptors (Lipinski definition) is 5. The van der Waals surface area contributed by atoms with Gasteiger partial charge in [-0.25, -0.2) is 0 Å². The van der Waals surface area contributed by atoms with Gasteiger partial charge in [-0.15, -0.1) is 0 Å². The highest BCUT2D eigenvalue weighted by molar-refractivity contribution is 5.94. The van der Waals surface area contributed by atoms with E-state index in [0.717, 1.165) is 43.0 Å². The van der Waals surface area contributed by atoms with Crippen LogP contribution in [-0.4, -0.2) is 68.0 Å². The Morgan fingerprint density at radius 2 is 1.37 bits per heavy atom. The quantitative estimate of drug-likeness (QED) is 0.734. The predicted molar refractivity (Wildman–Crippen MR) is 119 cm³/mol. The van der Waals surface area contributed by atoms with E-state index in [1.807, 2.05) is 56.3 Å². The molecule has 2 N–H and O–H groups in total. The number of para-hydroxylation sites is 2. The summed E-state index contributed by atoms with van der Waals surface area (Å²) in [6, 6.07) is 13.3. The standard InChI is InChI=1S/C23H30N4O3/c1-17-7-6-9-19(18(17)2)24-22(28)15-26-11-13-27(14-12-26)16-23(29)25-20-8-4-5-10-21(20)30-3/h4-10H,11-16H2,1-3H3,(H,24,28)(H,25,29). The molecular formula is C23H30N4O3. The Bertz CT molecular complexity index is 892. The fourth-order valence-electron chi connectivity index (χ4n) is 3.53. The van der Waals surface area contributed by atoms with E-state index >= 15 is 0 Å². The van der Waals surface area contributed by atoms with Crippen LogP contribution in [0.3, 0.4) is 0 Å². The molecular weight excluding hydrogens is 380 g/mol. The summed E-state index contributed by atoms with van der Waals surface area (Å²) in [6.45, 7) is 7.72. The van der Waals surface area contributed by atoms with Gasteiger partial charge in [0, 0.05) is 31.9 Å². The molecule has 30 heavy (non-hydrogen) atoms. The number of carbonyl (C=O) groups is 2. The summed E-state index contributed by atoms with van der Waals surface area (Å²) < 4.78 is 5.27. The van der Waals surface area contributed by atoms with Crippen molar-refractivity contribution in [3.63, 3.8) is 0 Å². The second-order valence-corrected chi connectivity index (χ2v) is 7.60. The molecule has 0 aliphatic carbocycles. The van der Waals surface area contributed by atoms with E-state index in [-0.39, 0.29) is 11.8 Å². The maximum atomic E-state index is 12.4. The van der Waals surface area contributed by atoms with E-state index in [9.17, 15) is 9.59 Å². The Labute approximate surface area is 178 Å². The molecule has 2 aromatic carbocycles. The summed E-state index contributed by atoms with van der Waals surface area (Å²) in [5.41, 5.74) is 3.79. The van der Waals surface area contributed by atoms with Crippen molar-refractivity contribution >= 4 is 23.2 Å². The maximum Gasteiger partial charge on any atom is 0.238 e. The van der Waals surface area contributed by atoms with Gasteiger partial charge in [-0.1, -0.05) is 24.3 Å². The highest BCUT2D eigenvalue weighted by Gasteiger charge is 2.21. The minimum Gasteiger partial charge on any atom is -0.495 e. The molecule has 7 nitrogen and oxygen atoms in total. The monoisotopic (exact) mass is 410 g/mol. The lowest BCUT2D eigenvalue weighted by Crippen LogP contribution is -2.50. The molecule has 160 valence electrons. The van der Waals surface area contributed by atoms with Crippen molar-refractivity contribution in [1.29, 1.82) is 0 Å². The Kier molecular flexibility index (Phi) is 7.43. The van der Waals surface area contributed by atoms with Crippen LogP contribution in [0.2, 0.25) is 0 Å². The number of carbonyl (C=O) groups excluding carboxylic acids is 2. The summed E-state index contributed by atoms with van der Waals surface area (Å²) in [7, 11) is 1.58. The van der Waals surface area contributed by atoms with Crippen LogP contribution in [0.5, 0.6) is 5.75 Å². The zero-order valence-corrected chi connectivity index (χ0v) is 17.9. The van der Waals surface area contributed by atoms with Crippen LogP contribution < -0.4 is 15.4 Å². The van der Waals surface area contributed by atoms with Crippen LogP contribution in [0.4, 0.5) is 11.4 Å². The molecule has 1 fully saturated rings. The summed E-state index contributed by atoms with van der Waals surface area (Å²) in [5, 5.41) is 5.92. The first-order valence-electron chi connectivity index (χ1n) is 10.2. The summed E-state index contributed by atoms with van der Waals surface area (Å²) in [5.74, 6) is 0.567. The third kappa shape index (κ3) is 5.81. The molecule has 2 aromatic rings. The van der Waals surface area contributed by atoms with Gasteiger partial charge >= 0.3 is 0 Å². The number of ether oxygens (including phenoxy) is 1. The smallest absolute Gasteiger partial charge is 0.238 e. The lowest BCUT2D eigenvalue weighted by atomic mass is 10.1. The van der Waals surface area contributed by atoms with Crippen LogP contribution in [0.15, 0.2) is 42.5 Å². The molecule has 0 atom stereocenters. The molecule has 1 saturated heterocycles. The SMILES string of the molecule is COc1ccccc1NC(=O)CN1CCN(CC(=O)Nc2cccc(C)c2C)CC1. The molecule has 7 heteroatoms. The Morgan fingerprint density at radius 1 is 0.833 bits per heavy atom. The second-order valence-electron chi connectivity index (χ2n) is 7.60. The molecule has 0 aromatic heterocycles. The number of nitrogens with one attached hydrogen (secondary N) is 2. The van der Waals surface area contributed by atoms with Gasteiger partial charge in [0.1, 0.15) is 5.75 Å². The fraction of sp³-hybridized carbons (Fsp3) is 0.391. The lowest BCUT2D eigenvalue weighted by molar-refractivity contribution is -0.120. The Morgan fingerprint density at radius 3 is 1.97 bits per heavy atom. The second kappa shape index (κ2) is 10.2. The first kappa shape index (κ1) is 21.8. The van der Waals surface area contributed by atoms with Gasteiger partial charge in [0.25, 0.3) is 0 Å². The summed E-state index contributed by atoms with van der Waals surface area (Å²) >= 11 is 0. The topological polar surface area (TPSA) is 73.9 Å². The van der Waals surface area contributed by atoms with E-state index in [2.05, 4.69) is 20.4 Å². The van der Waals surface area contributed by atoms with Crippen molar-refractivity contribution in [2.45, 2.75) is 13.8 Å². The van der Waals surface area contributed by atoms with Crippen molar-refractivity contribution < 1.29 is 14.3 Å². The number of amides is 2. The van der Waals surface area contributed by atoms with Crippen molar-refractivity contribution in [3.05, 3.63) is 53.6 Å². The van der Waals surface area contributed by atoms with Crippen LogP contribution in [0.1, 0.15) is 11.1 Å². The van der Waals surface area contributed by atoms with E-state index in [1.165, 1.54) is 0 Å². The van der Waals surface area contributed by atoms with Gasteiger partial charge in [0.15, 0.2) is 0 Å². The first-order chi connectivity index (χ1) is 14.5. The van der Waals surface area contributed by atoms with E-state index < -0.39 is 0 Å². The zero-order valence-electron chi connectivity index (χ0n) is 17.9. The van der Waals surface area contributed by atoms with E-state index in [0.29, 0.717) is 24.5 Å². The van der Waals surface area contributed by atoms with Crippen molar-refractivity contribution in [2.75, 3.05) is 57.0 Å². The highest BCUT2D eigenvalue weighted by Crippen LogP contribution is 2.23. The van der Waals surface area contributed by atoms with Gasteiger partial charge in [-0.05, 0) is 43.2 Å². The Balaban J connectivity index is 1.42. The van der Waals surface area contributed by atoms with Crippen molar-refractivity contribution in [2.24, 2.45) is 0 Å². The molecule has 0 radical (unpaired) electrons. The molecule has 0 unspecified atom stereocenters. The average Bonchev–Trinajstić information content (AvgIpc) is 2.73. The first-order valence-corrected chi connectivity index (χ1v) is 10.2. The van der Waals surface area contributed by atoms with E-state index in [1.54, 1.807) is 7.11 Å². The number of nitrogens with zero attached hydrogens (tertiary/aromatic N) is 2. The third-order valence-electron chi connectivity index (χ3n) is 5.46. The molecule has 2 amide bonds. The van der Waals surface area contributed by atoms with Crippen LogP contribution in [-0.2, 0) is 9.59 Å². The minimum absolute atomic E-state index is 0.00827. The number of hydrogen-bond donors (Lipinski definition) is 2. The van der Waals surface area contributed by atoms with Crippen molar-refractivity contribution in [3.8, 4) is 5.75 Å².